The first kappa shape index (κ1) is 12.4. The lowest BCUT2D eigenvalue weighted by Crippen LogP contribution is -2.03. The van der Waals surface area contributed by atoms with Crippen LogP contribution in [0.1, 0.15) is 22.3 Å². The minimum atomic E-state index is 0.572. The molecule has 0 saturated heterocycles. The van der Waals surface area contributed by atoms with Gasteiger partial charge in [-0.25, -0.2) is 0 Å². The van der Waals surface area contributed by atoms with Crippen molar-refractivity contribution in [1.29, 1.82) is 5.26 Å². The molecule has 0 aliphatic heterocycles. The zero-order valence-electron chi connectivity index (χ0n) is 11.5. The second-order valence-corrected chi connectivity index (χ2v) is 4.97. The van der Waals surface area contributed by atoms with Crippen molar-refractivity contribution in [2.75, 3.05) is 0 Å². The van der Waals surface area contributed by atoms with Crippen molar-refractivity contribution in [3.63, 3.8) is 0 Å². The predicted molar refractivity (Wildman–Crippen MR) is 77.3 cm³/mol. The molecular weight excluding hydrogens is 248 g/mol. The van der Waals surface area contributed by atoms with Crippen LogP contribution >= 0.6 is 0 Å². The van der Waals surface area contributed by atoms with Crippen molar-refractivity contribution in [3.05, 3.63) is 58.7 Å². The molecule has 1 aromatic heterocycles. The number of nitrogens with zero attached hydrogens (tertiary/aromatic N) is 4. The summed E-state index contributed by atoms with van der Waals surface area (Å²) in [5, 5.41) is 17.9. The van der Waals surface area contributed by atoms with E-state index in [4.69, 9.17) is 5.26 Å². The second kappa shape index (κ2) is 4.78. The van der Waals surface area contributed by atoms with E-state index in [2.05, 4.69) is 42.2 Å². The van der Waals surface area contributed by atoms with E-state index in [1.54, 1.807) is 10.9 Å². The number of aromatic nitrogens is 3. The lowest BCUT2D eigenvalue weighted by atomic mass is 10.1. The molecular formula is C16H14N4. The second-order valence-electron chi connectivity index (χ2n) is 4.97. The van der Waals surface area contributed by atoms with Gasteiger partial charge in [0.05, 0.1) is 18.2 Å². The fourth-order valence-electron chi connectivity index (χ4n) is 2.19. The van der Waals surface area contributed by atoms with Gasteiger partial charge in [-0.15, -0.1) is 0 Å². The molecule has 0 unspecified atom stereocenters. The normalized spacial score (nSPS) is 10.7. The molecule has 3 rings (SSSR count). The number of aryl methyl sites for hydroxylation is 2. The lowest BCUT2D eigenvalue weighted by Gasteiger charge is -2.00. The molecule has 3 aromatic rings. The van der Waals surface area contributed by atoms with Gasteiger partial charge >= 0.3 is 0 Å². The molecule has 0 amide bonds. The molecule has 0 saturated carbocycles. The maximum Gasteiger partial charge on any atom is 0.113 e. The van der Waals surface area contributed by atoms with E-state index >= 15 is 0 Å². The highest BCUT2D eigenvalue weighted by atomic mass is 15.5. The Bertz CT molecular complexity index is 785. The number of hydrogen-bond donors (Lipinski definition) is 0. The van der Waals surface area contributed by atoms with Crippen LogP contribution in [0.3, 0.4) is 0 Å². The van der Waals surface area contributed by atoms with Gasteiger partial charge in [-0.1, -0.05) is 12.1 Å². The molecule has 0 aliphatic rings. The average Bonchev–Trinajstić information content (AvgIpc) is 2.80. The van der Waals surface area contributed by atoms with Gasteiger partial charge in [-0.05, 0) is 54.8 Å². The van der Waals surface area contributed by atoms with Crippen molar-refractivity contribution < 1.29 is 0 Å². The van der Waals surface area contributed by atoms with Gasteiger partial charge in [0.15, 0.2) is 0 Å². The number of benzene rings is 2. The Kier molecular flexibility index (Phi) is 2.96. The molecule has 0 bridgehead atoms. The molecule has 0 radical (unpaired) electrons. The zero-order valence-corrected chi connectivity index (χ0v) is 11.5. The Morgan fingerprint density at radius 3 is 2.30 bits per heavy atom. The summed E-state index contributed by atoms with van der Waals surface area (Å²) in [7, 11) is 0. The summed E-state index contributed by atoms with van der Waals surface area (Å²) in [5.41, 5.74) is 5.94. The summed E-state index contributed by atoms with van der Waals surface area (Å²) < 4.78 is 0. The third kappa shape index (κ3) is 2.26. The van der Waals surface area contributed by atoms with E-state index in [9.17, 15) is 0 Å². The van der Waals surface area contributed by atoms with Crippen LogP contribution in [-0.4, -0.2) is 15.0 Å². The average molecular weight is 262 g/mol. The summed E-state index contributed by atoms with van der Waals surface area (Å²) >= 11 is 0. The predicted octanol–water partition coefficient (Wildman–Crippen LogP) is 2.97. The first-order chi connectivity index (χ1) is 9.65. The molecule has 1 heterocycles. The smallest absolute Gasteiger partial charge is 0.113 e. The quantitative estimate of drug-likeness (QED) is 0.713. The molecule has 4 heteroatoms. The van der Waals surface area contributed by atoms with E-state index in [0.29, 0.717) is 12.1 Å². The van der Waals surface area contributed by atoms with E-state index in [0.717, 1.165) is 16.6 Å². The van der Waals surface area contributed by atoms with Crippen LogP contribution in [-0.2, 0) is 6.54 Å². The maximum atomic E-state index is 8.92. The third-order valence-electron chi connectivity index (χ3n) is 3.42. The summed E-state index contributed by atoms with van der Waals surface area (Å²) in [6.45, 7) is 4.72. The topological polar surface area (TPSA) is 54.5 Å². The highest BCUT2D eigenvalue weighted by Crippen LogP contribution is 2.16. The summed E-state index contributed by atoms with van der Waals surface area (Å²) in [5.74, 6) is 0. The van der Waals surface area contributed by atoms with E-state index in [1.165, 1.54) is 11.1 Å². The van der Waals surface area contributed by atoms with Gasteiger partial charge in [0.2, 0.25) is 0 Å². The van der Waals surface area contributed by atoms with Gasteiger partial charge in [0.25, 0.3) is 0 Å². The number of nitriles is 1. The van der Waals surface area contributed by atoms with Gasteiger partial charge in [0.1, 0.15) is 11.0 Å². The lowest BCUT2D eigenvalue weighted by molar-refractivity contribution is 0.600. The molecule has 0 spiro atoms. The summed E-state index contributed by atoms with van der Waals surface area (Å²) in [6.07, 6.45) is 0. The molecule has 0 fully saturated rings. The molecule has 4 nitrogen and oxygen atoms in total. The Morgan fingerprint density at radius 1 is 1.05 bits per heavy atom. The van der Waals surface area contributed by atoms with E-state index < -0.39 is 0 Å². The summed E-state index contributed by atoms with van der Waals surface area (Å²) in [6, 6.07) is 13.8. The molecule has 0 atom stereocenters. The molecule has 98 valence electrons. The van der Waals surface area contributed by atoms with Crippen LogP contribution in [0.2, 0.25) is 0 Å². The van der Waals surface area contributed by atoms with Crippen LogP contribution in [0.25, 0.3) is 11.0 Å². The summed E-state index contributed by atoms with van der Waals surface area (Å²) in [4.78, 5) is 1.68. The fourth-order valence-corrected chi connectivity index (χ4v) is 2.19. The van der Waals surface area contributed by atoms with Crippen LogP contribution in [0.5, 0.6) is 0 Å². The van der Waals surface area contributed by atoms with Crippen LogP contribution < -0.4 is 0 Å². The van der Waals surface area contributed by atoms with Crippen molar-refractivity contribution in [2.24, 2.45) is 0 Å². The first-order valence-electron chi connectivity index (χ1n) is 6.47. The Labute approximate surface area is 117 Å². The highest BCUT2D eigenvalue weighted by Gasteiger charge is 2.06. The monoisotopic (exact) mass is 262 g/mol. The minimum Gasteiger partial charge on any atom is -0.192 e. The van der Waals surface area contributed by atoms with E-state index in [1.807, 2.05) is 18.2 Å². The van der Waals surface area contributed by atoms with Gasteiger partial charge in [0, 0.05) is 0 Å². The van der Waals surface area contributed by atoms with Crippen molar-refractivity contribution >= 4 is 11.0 Å². The van der Waals surface area contributed by atoms with Gasteiger partial charge < -0.3 is 0 Å². The first-order valence-corrected chi connectivity index (χ1v) is 6.47. The van der Waals surface area contributed by atoms with Crippen LogP contribution in [0, 0.1) is 25.2 Å². The molecule has 0 N–H and O–H groups in total. The number of fused-ring (bicyclic) bond motifs is 1. The molecule has 2 aromatic carbocycles. The van der Waals surface area contributed by atoms with Crippen molar-refractivity contribution in [1.82, 2.24) is 15.0 Å². The van der Waals surface area contributed by atoms with Crippen molar-refractivity contribution in [3.8, 4) is 6.07 Å². The van der Waals surface area contributed by atoms with Gasteiger partial charge in [-0.2, -0.15) is 20.3 Å². The fraction of sp³-hybridized carbons (Fsp3) is 0.188. The minimum absolute atomic E-state index is 0.572. The highest BCUT2D eigenvalue weighted by molar-refractivity contribution is 5.75. The largest absolute Gasteiger partial charge is 0.192 e. The van der Waals surface area contributed by atoms with Crippen molar-refractivity contribution in [2.45, 2.75) is 20.4 Å². The standard InChI is InChI=1S/C16H14N4/c1-11-6-15-16(7-12(11)2)19-20(18-15)10-14-5-3-4-13(8-14)9-17/h3-8H,10H2,1-2H3. The SMILES string of the molecule is Cc1cc2nn(Cc3cccc(C#N)c3)nc2cc1C. The van der Waals surface area contributed by atoms with Gasteiger partial charge in [-0.3, -0.25) is 0 Å². The van der Waals surface area contributed by atoms with Crippen LogP contribution in [0.4, 0.5) is 0 Å². The van der Waals surface area contributed by atoms with E-state index in [-0.39, 0.29) is 0 Å². The molecule has 0 aliphatic carbocycles. The Morgan fingerprint density at radius 2 is 1.70 bits per heavy atom. The maximum absolute atomic E-state index is 8.92. The third-order valence-corrected chi connectivity index (χ3v) is 3.42. The van der Waals surface area contributed by atoms with Crippen LogP contribution in [0.15, 0.2) is 36.4 Å². The molecule has 20 heavy (non-hydrogen) atoms. The Hall–Kier alpha value is -2.67. The number of hydrogen-bond acceptors (Lipinski definition) is 3. The Balaban J connectivity index is 1.96. The number of rotatable bonds is 2. The zero-order chi connectivity index (χ0) is 14.1.